The van der Waals surface area contributed by atoms with E-state index in [9.17, 15) is 4.79 Å². The van der Waals surface area contributed by atoms with E-state index >= 15 is 0 Å². The standard InChI is InChI=1S/C14H19NO4/c1-10(13(16)17-2)15-9-11-7-5-6-8-12(11)14(18-3)19-4/h5-10,14H,1-4H3/b15-9+. The summed E-state index contributed by atoms with van der Waals surface area (Å²) in [7, 11) is 4.48. The predicted molar refractivity (Wildman–Crippen MR) is 72.3 cm³/mol. The van der Waals surface area contributed by atoms with Gasteiger partial charge >= 0.3 is 5.97 Å². The SMILES string of the molecule is COC(=O)C(C)/N=C/c1ccccc1C(OC)OC. The van der Waals surface area contributed by atoms with Crippen LogP contribution in [-0.4, -0.2) is 39.6 Å². The summed E-state index contributed by atoms with van der Waals surface area (Å²) in [6, 6.07) is 7.01. The Morgan fingerprint density at radius 3 is 2.42 bits per heavy atom. The fourth-order valence-electron chi connectivity index (χ4n) is 1.62. The van der Waals surface area contributed by atoms with Crippen LogP contribution < -0.4 is 0 Å². The van der Waals surface area contributed by atoms with E-state index in [-0.39, 0.29) is 5.97 Å². The molecule has 0 spiro atoms. The van der Waals surface area contributed by atoms with Gasteiger partial charge in [-0.25, -0.2) is 4.79 Å². The molecule has 0 saturated carbocycles. The maximum absolute atomic E-state index is 11.3. The minimum atomic E-state index is -0.540. The van der Waals surface area contributed by atoms with Gasteiger partial charge in [-0.1, -0.05) is 24.3 Å². The zero-order chi connectivity index (χ0) is 14.3. The van der Waals surface area contributed by atoms with Crippen molar-refractivity contribution in [2.45, 2.75) is 19.3 Å². The first-order chi connectivity index (χ1) is 9.13. The largest absolute Gasteiger partial charge is 0.467 e. The molecule has 0 fully saturated rings. The van der Waals surface area contributed by atoms with Gasteiger partial charge in [-0.15, -0.1) is 0 Å². The Kier molecular flexibility index (Phi) is 6.18. The van der Waals surface area contributed by atoms with Crippen molar-refractivity contribution in [3.05, 3.63) is 35.4 Å². The van der Waals surface area contributed by atoms with Gasteiger partial charge in [0.05, 0.1) is 7.11 Å². The summed E-state index contributed by atoms with van der Waals surface area (Å²) in [5.74, 6) is -0.372. The number of rotatable bonds is 6. The Morgan fingerprint density at radius 2 is 1.84 bits per heavy atom. The van der Waals surface area contributed by atoms with Crippen LogP contribution in [0.1, 0.15) is 24.3 Å². The van der Waals surface area contributed by atoms with Gasteiger partial charge in [0.2, 0.25) is 0 Å². The maximum Gasteiger partial charge on any atom is 0.330 e. The lowest BCUT2D eigenvalue weighted by Crippen LogP contribution is -2.16. The van der Waals surface area contributed by atoms with Crippen LogP contribution in [0, 0.1) is 0 Å². The van der Waals surface area contributed by atoms with E-state index in [1.165, 1.54) is 7.11 Å². The van der Waals surface area contributed by atoms with Crippen LogP contribution >= 0.6 is 0 Å². The summed E-state index contributed by atoms with van der Waals surface area (Å²) < 4.78 is 15.1. The van der Waals surface area contributed by atoms with E-state index in [2.05, 4.69) is 9.73 Å². The second-order valence-corrected chi connectivity index (χ2v) is 3.91. The summed E-state index contributed by atoms with van der Waals surface area (Å²) in [6.45, 7) is 1.68. The lowest BCUT2D eigenvalue weighted by Gasteiger charge is -2.15. The van der Waals surface area contributed by atoms with Crippen LogP contribution in [0.2, 0.25) is 0 Å². The summed E-state index contributed by atoms with van der Waals surface area (Å²) in [6.07, 6.45) is 1.16. The van der Waals surface area contributed by atoms with Crippen LogP contribution in [0.25, 0.3) is 0 Å². The summed E-state index contributed by atoms with van der Waals surface area (Å²) in [4.78, 5) is 15.4. The monoisotopic (exact) mass is 265 g/mol. The fraction of sp³-hybridized carbons (Fsp3) is 0.429. The molecule has 0 N–H and O–H groups in total. The van der Waals surface area contributed by atoms with Crippen LogP contribution in [0.4, 0.5) is 0 Å². The second kappa shape index (κ2) is 7.66. The zero-order valence-corrected chi connectivity index (χ0v) is 11.6. The van der Waals surface area contributed by atoms with E-state index in [4.69, 9.17) is 9.47 Å². The lowest BCUT2D eigenvalue weighted by atomic mass is 10.1. The van der Waals surface area contributed by atoms with E-state index in [1.807, 2.05) is 24.3 Å². The van der Waals surface area contributed by atoms with E-state index < -0.39 is 12.3 Å². The summed E-state index contributed by atoms with van der Waals surface area (Å²) in [5, 5.41) is 0. The van der Waals surface area contributed by atoms with Crippen LogP contribution in [0.15, 0.2) is 29.3 Å². The smallest absolute Gasteiger partial charge is 0.330 e. The predicted octanol–water partition coefficient (Wildman–Crippen LogP) is 1.96. The van der Waals surface area contributed by atoms with Gasteiger partial charge in [0.15, 0.2) is 6.29 Å². The van der Waals surface area contributed by atoms with Crippen molar-refractivity contribution in [3.63, 3.8) is 0 Å². The maximum atomic E-state index is 11.3. The number of carbonyl (C=O) groups is 1. The third-order valence-corrected chi connectivity index (χ3v) is 2.66. The first kappa shape index (κ1) is 15.3. The van der Waals surface area contributed by atoms with Crippen molar-refractivity contribution < 1.29 is 19.0 Å². The molecule has 0 aliphatic heterocycles. The Bertz CT molecular complexity index is 441. The molecule has 0 radical (unpaired) electrons. The van der Waals surface area contributed by atoms with Gasteiger partial charge in [0.1, 0.15) is 6.04 Å². The molecule has 5 heteroatoms. The highest BCUT2D eigenvalue weighted by molar-refractivity contribution is 5.85. The molecule has 0 saturated heterocycles. The molecular formula is C14H19NO4. The Labute approximate surface area is 113 Å². The van der Waals surface area contributed by atoms with Gasteiger partial charge in [-0.2, -0.15) is 0 Å². The molecule has 1 aromatic rings. The molecule has 1 unspecified atom stereocenters. The molecule has 1 aromatic carbocycles. The van der Waals surface area contributed by atoms with Crippen molar-refractivity contribution in [2.75, 3.05) is 21.3 Å². The normalized spacial score (nSPS) is 12.9. The lowest BCUT2D eigenvalue weighted by molar-refractivity contribution is -0.141. The molecule has 1 rings (SSSR count). The van der Waals surface area contributed by atoms with Crippen LogP contribution in [-0.2, 0) is 19.0 Å². The highest BCUT2D eigenvalue weighted by atomic mass is 16.7. The molecule has 0 aromatic heterocycles. The number of benzene rings is 1. The van der Waals surface area contributed by atoms with Crippen molar-refractivity contribution >= 4 is 12.2 Å². The van der Waals surface area contributed by atoms with Gasteiger partial charge in [0, 0.05) is 31.6 Å². The van der Waals surface area contributed by atoms with Crippen molar-refractivity contribution in [2.24, 2.45) is 4.99 Å². The van der Waals surface area contributed by atoms with Gasteiger partial charge in [0.25, 0.3) is 0 Å². The highest BCUT2D eigenvalue weighted by Crippen LogP contribution is 2.20. The highest BCUT2D eigenvalue weighted by Gasteiger charge is 2.13. The molecule has 104 valence electrons. The number of hydrogen-bond acceptors (Lipinski definition) is 5. The van der Waals surface area contributed by atoms with E-state index in [0.717, 1.165) is 11.1 Å². The average molecular weight is 265 g/mol. The van der Waals surface area contributed by atoms with Crippen molar-refractivity contribution in [1.82, 2.24) is 0 Å². The Morgan fingerprint density at radius 1 is 1.21 bits per heavy atom. The number of nitrogens with zero attached hydrogens (tertiary/aromatic N) is 1. The fourth-order valence-corrected chi connectivity index (χ4v) is 1.62. The molecule has 0 aliphatic carbocycles. The zero-order valence-electron chi connectivity index (χ0n) is 11.6. The minimum Gasteiger partial charge on any atom is -0.467 e. The number of methoxy groups -OCH3 is 3. The van der Waals surface area contributed by atoms with Crippen LogP contribution in [0.3, 0.4) is 0 Å². The third-order valence-electron chi connectivity index (χ3n) is 2.66. The summed E-state index contributed by atoms with van der Waals surface area (Å²) >= 11 is 0. The summed E-state index contributed by atoms with van der Waals surface area (Å²) in [5.41, 5.74) is 1.69. The minimum absolute atomic E-state index is 0.372. The Hall–Kier alpha value is -1.72. The molecule has 0 bridgehead atoms. The molecule has 1 atom stereocenters. The average Bonchev–Trinajstić information content (AvgIpc) is 2.46. The number of carbonyl (C=O) groups excluding carboxylic acids is 1. The molecular weight excluding hydrogens is 246 g/mol. The van der Waals surface area contributed by atoms with Crippen LogP contribution in [0.5, 0.6) is 0 Å². The molecule has 0 aliphatic rings. The topological polar surface area (TPSA) is 57.1 Å². The third kappa shape index (κ3) is 4.15. The van der Waals surface area contributed by atoms with E-state index in [0.29, 0.717) is 0 Å². The molecule has 0 amide bonds. The van der Waals surface area contributed by atoms with Crippen molar-refractivity contribution in [1.29, 1.82) is 0 Å². The van der Waals surface area contributed by atoms with Gasteiger partial charge < -0.3 is 14.2 Å². The van der Waals surface area contributed by atoms with Gasteiger partial charge in [-0.05, 0) is 6.92 Å². The van der Waals surface area contributed by atoms with Crippen molar-refractivity contribution in [3.8, 4) is 0 Å². The first-order valence-electron chi connectivity index (χ1n) is 5.89. The molecule has 19 heavy (non-hydrogen) atoms. The number of hydrogen-bond donors (Lipinski definition) is 0. The number of aliphatic imine (C=N–C) groups is 1. The number of ether oxygens (including phenoxy) is 3. The molecule has 0 heterocycles. The Balaban J connectivity index is 2.95. The first-order valence-corrected chi connectivity index (χ1v) is 5.89. The molecule has 5 nitrogen and oxygen atoms in total. The van der Waals surface area contributed by atoms with Gasteiger partial charge in [-0.3, -0.25) is 4.99 Å². The second-order valence-electron chi connectivity index (χ2n) is 3.91. The number of esters is 1. The quantitative estimate of drug-likeness (QED) is 0.448. The van der Waals surface area contributed by atoms with E-state index in [1.54, 1.807) is 27.4 Å².